The van der Waals surface area contributed by atoms with Gasteiger partial charge in [0.05, 0.1) is 6.10 Å². The average Bonchev–Trinajstić information content (AvgIpc) is 2.24. The standard InChI is InChI=1S/C15H24O2/c1-6-12-7-8-14(17-10-11(2)16)13(9-12)15(3,4)5/h7-9,11,16H,6,10H2,1-5H3/t11-/m1/s1. The number of benzene rings is 1. The van der Waals surface area contributed by atoms with E-state index in [1.54, 1.807) is 6.92 Å². The van der Waals surface area contributed by atoms with Crippen molar-refractivity contribution in [3.63, 3.8) is 0 Å². The van der Waals surface area contributed by atoms with E-state index >= 15 is 0 Å². The maximum Gasteiger partial charge on any atom is 0.123 e. The molecule has 0 saturated heterocycles. The minimum Gasteiger partial charge on any atom is -0.491 e. The molecule has 2 nitrogen and oxygen atoms in total. The molecule has 0 aliphatic carbocycles. The van der Waals surface area contributed by atoms with E-state index in [9.17, 15) is 5.11 Å². The van der Waals surface area contributed by atoms with Crippen LogP contribution >= 0.6 is 0 Å². The van der Waals surface area contributed by atoms with Gasteiger partial charge in [0, 0.05) is 0 Å². The highest BCUT2D eigenvalue weighted by molar-refractivity contribution is 5.41. The summed E-state index contributed by atoms with van der Waals surface area (Å²) in [7, 11) is 0. The summed E-state index contributed by atoms with van der Waals surface area (Å²) in [5.74, 6) is 0.885. The second-order valence-electron chi connectivity index (χ2n) is 5.59. The molecule has 0 aliphatic rings. The lowest BCUT2D eigenvalue weighted by Crippen LogP contribution is -2.18. The number of hydrogen-bond acceptors (Lipinski definition) is 2. The van der Waals surface area contributed by atoms with E-state index in [0.717, 1.165) is 12.2 Å². The molecule has 0 fully saturated rings. The molecular weight excluding hydrogens is 212 g/mol. The first-order valence-corrected chi connectivity index (χ1v) is 6.29. The molecule has 96 valence electrons. The number of aliphatic hydroxyl groups excluding tert-OH is 1. The quantitative estimate of drug-likeness (QED) is 0.869. The molecule has 0 aliphatic heterocycles. The monoisotopic (exact) mass is 236 g/mol. The lowest BCUT2D eigenvalue weighted by molar-refractivity contribution is 0.121. The Morgan fingerprint density at radius 3 is 2.41 bits per heavy atom. The van der Waals surface area contributed by atoms with Crippen molar-refractivity contribution in [2.75, 3.05) is 6.61 Å². The Labute approximate surface area is 105 Å². The van der Waals surface area contributed by atoms with Crippen LogP contribution in [0.3, 0.4) is 0 Å². The van der Waals surface area contributed by atoms with Crippen molar-refractivity contribution in [3.05, 3.63) is 29.3 Å². The normalized spacial score (nSPS) is 13.5. The number of hydrogen-bond donors (Lipinski definition) is 1. The zero-order valence-electron chi connectivity index (χ0n) is 11.6. The zero-order chi connectivity index (χ0) is 13.1. The van der Waals surface area contributed by atoms with Crippen LogP contribution < -0.4 is 4.74 Å². The Balaban J connectivity index is 3.03. The molecule has 1 N–H and O–H groups in total. The second-order valence-corrected chi connectivity index (χ2v) is 5.59. The minimum absolute atomic E-state index is 0.0548. The van der Waals surface area contributed by atoms with Gasteiger partial charge in [-0.05, 0) is 36.0 Å². The van der Waals surface area contributed by atoms with Gasteiger partial charge in [-0.3, -0.25) is 0 Å². The van der Waals surface area contributed by atoms with Crippen molar-refractivity contribution in [2.24, 2.45) is 0 Å². The summed E-state index contributed by atoms with van der Waals surface area (Å²) >= 11 is 0. The van der Waals surface area contributed by atoms with Gasteiger partial charge < -0.3 is 9.84 Å². The smallest absolute Gasteiger partial charge is 0.123 e. The predicted molar refractivity (Wildman–Crippen MR) is 71.7 cm³/mol. The molecule has 0 saturated carbocycles. The Hall–Kier alpha value is -1.02. The highest BCUT2D eigenvalue weighted by atomic mass is 16.5. The molecule has 1 aromatic carbocycles. The first-order chi connectivity index (χ1) is 7.84. The molecule has 1 aromatic rings. The van der Waals surface area contributed by atoms with Crippen LogP contribution in [0.15, 0.2) is 18.2 Å². The van der Waals surface area contributed by atoms with Gasteiger partial charge >= 0.3 is 0 Å². The van der Waals surface area contributed by atoms with E-state index in [0.29, 0.717) is 6.61 Å². The van der Waals surface area contributed by atoms with Crippen molar-refractivity contribution in [1.29, 1.82) is 0 Å². The summed E-state index contributed by atoms with van der Waals surface area (Å²) in [4.78, 5) is 0. The number of aryl methyl sites for hydroxylation is 1. The maximum absolute atomic E-state index is 9.28. The fourth-order valence-corrected chi connectivity index (χ4v) is 1.72. The van der Waals surface area contributed by atoms with Crippen LogP contribution in [0.25, 0.3) is 0 Å². The number of aliphatic hydroxyl groups is 1. The minimum atomic E-state index is -0.436. The molecule has 2 heteroatoms. The largest absolute Gasteiger partial charge is 0.491 e. The van der Waals surface area contributed by atoms with Crippen LogP contribution in [-0.2, 0) is 11.8 Å². The van der Waals surface area contributed by atoms with Crippen molar-refractivity contribution in [1.82, 2.24) is 0 Å². The van der Waals surface area contributed by atoms with Crippen molar-refractivity contribution in [3.8, 4) is 5.75 Å². The van der Waals surface area contributed by atoms with Gasteiger partial charge in [0.1, 0.15) is 12.4 Å². The Kier molecular flexibility index (Phi) is 4.58. The molecule has 1 rings (SSSR count). The van der Waals surface area contributed by atoms with Gasteiger partial charge in [0.25, 0.3) is 0 Å². The van der Waals surface area contributed by atoms with Gasteiger partial charge in [-0.1, -0.05) is 39.8 Å². The molecule has 0 heterocycles. The molecule has 0 unspecified atom stereocenters. The summed E-state index contributed by atoms with van der Waals surface area (Å²) < 4.78 is 5.67. The SMILES string of the molecule is CCc1ccc(OC[C@@H](C)O)c(C(C)(C)C)c1. The van der Waals surface area contributed by atoms with E-state index < -0.39 is 6.10 Å². The van der Waals surface area contributed by atoms with Crippen LogP contribution in [0.4, 0.5) is 0 Å². The van der Waals surface area contributed by atoms with E-state index in [4.69, 9.17) is 4.74 Å². The van der Waals surface area contributed by atoms with E-state index in [1.165, 1.54) is 11.1 Å². The average molecular weight is 236 g/mol. The van der Waals surface area contributed by atoms with Gasteiger partial charge in [-0.2, -0.15) is 0 Å². The third kappa shape index (κ3) is 4.04. The fraction of sp³-hybridized carbons (Fsp3) is 0.600. The summed E-state index contributed by atoms with van der Waals surface area (Å²) in [5, 5.41) is 9.28. The van der Waals surface area contributed by atoms with Gasteiger partial charge in [0.15, 0.2) is 0 Å². The lowest BCUT2D eigenvalue weighted by Gasteiger charge is -2.24. The molecule has 1 atom stereocenters. The van der Waals surface area contributed by atoms with Crippen molar-refractivity contribution >= 4 is 0 Å². The van der Waals surface area contributed by atoms with Crippen molar-refractivity contribution < 1.29 is 9.84 Å². The van der Waals surface area contributed by atoms with Gasteiger partial charge in [-0.25, -0.2) is 0 Å². The third-order valence-corrected chi connectivity index (χ3v) is 2.74. The highest BCUT2D eigenvalue weighted by Gasteiger charge is 2.19. The highest BCUT2D eigenvalue weighted by Crippen LogP contribution is 2.32. The fourth-order valence-electron chi connectivity index (χ4n) is 1.72. The third-order valence-electron chi connectivity index (χ3n) is 2.74. The molecule has 0 radical (unpaired) electrons. The van der Waals surface area contributed by atoms with E-state index in [1.807, 2.05) is 6.07 Å². The van der Waals surface area contributed by atoms with Crippen LogP contribution in [0.1, 0.15) is 45.7 Å². The van der Waals surface area contributed by atoms with Gasteiger partial charge in [0.2, 0.25) is 0 Å². The van der Waals surface area contributed by atoms with E-state index in [2.05, 4.69) is 39.8 Å². The Morgan fingerprint density at radius 2 is 1.94 bits per heavy atom. The van der Waals surface area contributed by atoms with Crippen LogP contribution in [0.5, 0.6) is 5.75 Å². The molecule has 0 amide bonds. The Bertz CT molecular complexity index is 362. The van der Waals surface area contributed by atoms with Gasteiger partial charge in [-0.15, -0.1) is 0 Å². The topological polar surface area (TPSA) is 29.5 Å². The second kappa shape index (κ2) is 5.54. The summed E-state index contributed by atoms with van der Waals surface area (Å²) in [6, 6.07) is 6.31. The number of rotatable bonds is 4. The molecule has 17 heavy (non-hydrogen) atoms. The summed E-state index contributed by atoms with van der Waals surface area (Å²) in [5.41, 5.74) is 2.58. The first kappa shape index (κ1) is 14.0. The number of ether oxygens (including phenoxy) is 1. The van der Waals surface area contributed by atoms with Crippen LogP contribution in [0, 0.1) is 0 Å². The maximum atomic E-state index is 9.28. The summed E-state index contributed by atoms with van der Waals surface area (Å²) in [6.45, 7) is 10.8. The lowest BCUT2D eigenvalue weighted by atomic mass is 9.85. The first-order valence-electron chi connectivity index (χ1n) is 6.29. The molecule has 0 spiro atoms. The van der Waals surface area contributed by atoms with Crippen molar-refractivity contribution in [2.45, 2.75) is 52.6 Å². The molecule has 0 bridgehead atoms. The zero-order valence-corrected chi connectivity index (χ0v) is 11.6. The molecule has 0 aromatic heterocycles. The van der Waals surface area contributed by atoms with Crippen LogP contribution in [-0.4, -0.2) is 17.8 Å². The predicted octanol–water partition coefficient (Wildman–Crippen LogP) is 3.31. The van der Waals surface area contributed by atoms with Crippen LogP contribution in [0.2, 0.25) is 0 Å². The Morgan fingerprint density at radius 1 is 1.29 bits per heavy atom. The summed E-state index contributed by atoms with van der Waals surface area (Å²) in [6.07, 6.45) is 0.591. The van der Waals surface area contributed by atoms with E-state index in [-0.39, 0.29) is 5.41 Å². The molecular formula is C15H24O2.